The number of benzene rings is 2. The topological polar surface area (TPSA) is 84.9 Å². The molecule has 1 aliphatic heterocycles. The Bertz CT molecular complexity index is 1000. The van der Waals surface area contributed by atoms with Gasteiger partial charge in [-0.2, -0.15) is 4.31 Å². The van der Waals surface area contributed by atoms with Crippen molar-refractivity contribution < 1.29 is 22.7 Å². The van der Waals surface area contributed by atoms with Gasteiger partial charge in [-0.3, -0.25) is 4.79 Å². The molecule has 0 aliphatic carbocycles. The fourth-order valence-corrected chi connectivity index (χ4v) is 4.65. The van der Waals surface area contributed by atoms with E-state index in [1.54, 1.807) is 19.1 Å². The van der Waals surface area contributed by atoms with Crippen LogP contribution < -0.4 is 10.1 Å². The summed E-state index contributed by atoms with van der Waals surface area (Å²) < 4.78 is 38.2. The van der Waals surface area contributed by atoms with E-state index in [1.807, 2.05) is 38.1 Å². The van der Waals surface area contributed by atoms with Gasteiger partial charge in [0.25, 0.3) is 5.91 Å². The first-order valence-electron chi connectivity index (χ1n) is 9.97. The molecule has 0 saturated carbocycles. The third kappa shape index (κ3) is 5.19. The smallest absolute Gasteiger partial charge is 0.251 e. The molecule has 30 heavy (non-hydrogen) atoms. The minimum absolute atomic E-state index is 0.115. The van der Waals surface area contributed by atoms with Crippen molar-refractivity contribution in [2.45, 2.75) is 31.7 Å². The molecule has 0 radical (unpaired) electrons. The number of rotatable bonds is 7. The summed E-state index contributed by atoms with van der Waals surface area (Å²) in [7, 11) is -3.67. The van der Waals surface area contributed by atoms with Crippen LogP contribution >= 0.6 is 0 Å². The number of nitrogens with zero attached hydrogens (tertiary/aromatic N) is 1. The molecule has 1 saturated heterocycles. The fraction of sp³-hybridized carbons (Fsp3) is 0.409. The molecular formula is C22H28N2O5S. The van der Waals surface area contributed by atoms with Gasteiger partial charge >= 0.3 is 0 Å². The van der Waals surface area contributed by atoms with E-state index in [0.29, 0.717) is 44.0 Å². The largest absolute Gasteiger partial charge is 0.491 e. The van der Waals surface area contributed by atoms with Crippen molar-refractivity contribution in [2.75, 3.05) is 32.9 Å². The van der Waals surface area contributed by atoms with Crippen molar-refractivity contribution in [1.82, 2.24) is 9.62 Å². The number of ether oxygens (including phenoxy) is 2. The number of carbonyl (C=O) groups excluding carboxylic acids is 1. The van der Waals surface area contributed by atoms with Gasteiger partial charge in [0, 0.05) is 18.7 Å². The number of sulfonamides is 1. The molecule has 8 heteroatoms. The molecule has 2 aromatic rings. The third-order valence-corrected chi connectivity index (χ3v) is 6.92. The Hall–Kier alpha value is -2.42. The molecule has 1 aliphatic rings. The first-order chi connectivity index (χ1) is 14.3. The van der Waals surface area contributed by atoms with Gasteiger partial charge in [-0.15, -0.1) is 0 Å². The van der Waals surface area contributed by atoms with E-state index >= 15 is 0 Å². The van der Waals surface area contributed by atoms with E-state index in [2.05, 4.69) is 5.32 Å². The van der Waals surface area contributed by atoms with Crippen LogP contribution in [0.25, 0.3) is 0 Å². The zero-order valence-electron chi connectivity index (χ0n) is 17.6. The van der Waals surface area contributed by atoms with Crippen molar-refractivity contribution in [3.05, 3.63) is 59.2 Å². The van der Waals surface area contributed by atoms with Crippen LogP contribution in [0.3, 0.4) is 0 Å². The minimum Gasteiger partial charge on any atom is -0.491 e. The maximum absolute atomic E-state index is 12.9. The number of amides is 1. The SMILES string of the molecule is Cc1ccccc1OC[C@@H](C)NC(=O)c1cc(S(=O)(=O)N2CCOCC2)ccc1C. The molecular weight excluding hydrogens is 404 g/mol. The molecule has 162 valence electrons. The highest BCUT2D eigenvalue weighted by Crippen LogP contribution is 2.21. The van der Waals surface area contributed by atoms with Crippen LogP contribution in [0.5, 0.6) is 5.75 Å². The van der Waals surface area contributed by atoms with Gasteiger partial charge in [-0.1, -0.05) is 24.3 Å². The Kier molecular flexibility index (Phi) is 7.12. The monoisotopic (exact) mass is 432 g/mol. The van der Waals surface area contributed by atoms with Crippen LogP contribution in [0.4, 0.5) is 0 Å². The predicted octanol–water partition coefficient (Wildman–Crippen LogP) is 2.52. The molecule has 2 aromatic carbocycles. The Morgan fingerprint density at radius 3 is 2.53 bits per heavy atom. The van der Waals surface area contributed by atoms with Crippen LogP contribution in [0.1, 0.15) is 28.4 Å². The van der Waals surface area contributed by atoms with E-state index in [0.717, 1.165) is 11.3 Å². The van der Waals surface area contributed by atoms with Crippen LogP contribution in [-0.4, -0.2) is 57.6 Å². The van der Waals surface area contributed by atoms with Gasteiger partial charge in [0.05, 0.1) is 24.2 Å². The highest BCUT2D eigenvalue weighted by molar-refractivity contribution is 7.89. The van der Waals surface area contributed by atoms with Gasteiger partial charge in [0.2, 0.25) is 10.0 Å². The quantitative estimate of drug-likeness (QED) is 0.727. The normalized spacial score (nSPS) is 16.1. The summed E-state index contributed by atoms with van der Waals surface area (Å²) in [5.74, 6) is 0.445. The van der Waals surface area contributed by atoms with Gasteiger partial charge < -0.3 is 14.8 Å². The lowest BCUT2D eigenvalue weighted by atomic mass is 10.1. The molecule has 1 fully saturated rings. The van der Waals surface area contributed by atoms with E-state index in [9.17, 15) is 13.2 Å². The first-order valence-corrected chi connectivity index (χ1v) is 11.4. The lowest BCUT2D eigenvalue weighted by molar-refractivity contribution is 0.0730. The highest BCUT2D eigenvalue weighted by atomic mass is 32.2. The predicted molar refractivity (Wildman–Crippen MR) is 114 cm³/mol. The number of hydrogen-bond donors (Lipinski definition) is 1. The number of carbonyl (C=O) groups is 1. The lowest BCUT2D eigenvalue weighted by Gasteiger charge is -2.26. The van der Waals surface area contributed by atoms with Crippen LogP contribution in [0.2, 0.25) is 0 Å². The number of morpholine rings is 1. The van der Waals surface area contributed by atoms with Crippen molar-refractivity contribution >= 4 is 15.9 Å². The van der Waals surface area contributed by atoms with E-state index in [-0.39, 0.29) is 16.8 Å². The van der Waals surface area contributed by atoms with Crippen molar-refractivity contribution in [3.63, 3.8) is 0 Å². The van der Waals surface area contributed by atoms with Gasteiger partial charge in [0.1, 0.15) is 12.4 Å². The van der Waals surface area contributed by atoms with Crippen molar-refractivity contribution in [3.8, 4) is 5.75 Å². The average Bonchev–Trinajstić information content (AvgIpc) is 2.74. The molecule has 1 atom stereocenters. The Morgan fingerprint density at radius 2 is 1.83 bits per heavy atom. The molecule has 7 nitrogen and oxygen atoms in total. The average molecular weight is 433 g/mol. The van der Waals surface area contributed by atoms with E-state index < -0.39 is 10.0 Å². The highest BCUT2D eigenvalue weighted by Gasteiger charge is 2.27. The second-order valence-electron chi connectivity index (χ2n) is 7.44. The molecule has 1 amide bonds. The Morgan fingerprint density at radius 1 is 1.13 bits per heavy atom. The zero-order valence-corrected chi connectivity index (χ0v) is 18.4. The van der Waals surface area contributed by atoms with Crippen molar-refractivity contribution in [1.29, 1.82) is 0 Å². The molecule has 3 rings (SSSR count). The molecule has 0 unspecified atom stereocenters. The maximum atomic E-state index is 12.9. The van der Waals surface area contributed by atoms with E-state index in [1.165, 1.54) is 10.4 Å². The standard InChI is InChI=1S/C22H28N2O5S/c1-16-8-9-19(30(26,27)24-10-12-28-13-11-24)14-20(16)22(25)23-18(3)15-29-21-7-5-4-6-17(21)2/h4-9,14,18H,10-13,15H2,1-3H3,(H,23,25)/t18-/m1/s1. The van der Waals surface area contributed by atoms with Gasteiger partial charge in [0.15, 0.2) is 0 Å². The molecule has 1 heterocycles. The van der Waals surface area contributed by atoms with Gasteiger partial charge in [-0.05, 0) is 50.1 Å². The lowest BCUT2D eigenvalue weighted by Crippen LogP contribution is -2.41. The third-order valence-electron chi connectivity index (χ3n) is 5.02. The van der Waals surface area contributed by atoms with Crippen LogP contribution in [0.15, 0.2) is 47.4 Å². The first kappa shape index (κ1) is 22.3. The summed E-state index contributed by atoms with van der Waals surface area (Å²) in [5, 5.41) is 2.89. The zero-order chi connectivity index (χ0) is 21.7. The minimum atomic E-state index is -3.67. The summed E-state index contributed by atoms with van der Waals surface area (Å²) in [5.41, 5.74) is 2.07. The molecule has 0 spiro atoms. The summed E-state index contributed by atoms with van der Waals surface area (Å²) in [4.78, 5) is 12.9. The fourth-order valence-electron chi connectivity index (χ4n) is 3.22. The molecule has 0 bridgehead atoms. The summed E-state index contributed by atoms with van der Waals surface area (Å²) in [6, 6.07) is 12.1. The number of hydrogen-bond acceptors (Lipinski definition) is 5. The van der Waals surface area contributed by atoms with Crippen molar-refractivity contribution in [2.24, 2.45) is 0 Å². The van der Waals surface area contributed by atoms with E-state index in [4.69, 9.17) is 9.47 Å². The van der Waals surface area contributed by atoms with Crippen LogP contribution in [-0.2, 0) is 14.8 Å². The Labute approximate surface area is 178 Å². The summed E-state index contributed by atoms with van der Waals surface area (Å²) in [6.45, 7) is 7.27. The number of aryl methyl sites for hydroxylation is 2. The summed E-state index contributed by atoms with van der Waals surface area (Å²) in [6.07, 6.45) is 0. The summed E-state index contributed by atoms with van der Waals surface area (Å²) >= 11 is 0. The Balaban J connectivity index is 1.69. The van der Waals surface area contributed by atoms with Crippen LogP contribution in [0, 0.1) is 13.8 Å². The van der Waals surface area contributed by atoms with Gasteiger partial charge in [-0.25, -0.2) is 8.42 Å². The number of nitrogens with one attached hydrogen (secondary N) is 1. The molecule has 1 N–H and O–H groups in total. The second-order valence-corrected chi connectivity index (χ2v) is 9.38. The maximum Gasteiger partial charge on any atom is 0.251 e. The molecule has 0 aromatic heterocycles. The number of para-hydroxylation sites is 1. The second kappa shape index (κ2) is 9.59.